The van der Waals surface area contributed by atoms with Crippen LogP contribution >= 0.6 is 0 Å². The molecule has 1 saturated heterocycles. The summed E-state index contributed by atoms with van der Waals surface area (Å²) in [5.74, 6) is 0.775. The molecule has 0 aliphatic carbocycles. The molecular weight excluding hydrogens is 212 g/mol. The van der Waals surface area contributed by atoms with Gasteiger partial charge in [-0.3, -0.25) is 0 Å². The van der Waals surface area contributed by atoms with Gasteiger partial charge in [-0.1, -0.05) is 0 Å². The molecule has 0 aromatic heterocycles. The molecule has 0 aromatic carbocycles. The Morgan fingerprint density at radius 2 is 2.12 bits per heavy atom. The first-order valence-electron chi connectivity index (χ1n) is 7.02. The largest absolute Gasteiger partial charge is 0.393 e. The maximum Gasteiger partial charge on any atom is 0.0524 e. The Labute approximate surface area is 107 Å². The van der Waals surface area contributed by atoms with Crippen LogP contribution in [0.1, 0.15) is 47.0 Å². The highest BCUT2D eigenvalue weighted by atomic mass is 16.3. The third-order valence-electron chi connectivity index (χ3n) is 3.39. The van der Waals surface area contributed by atoms with Crippen LogP contribution in [0.3, 0.4) is 0 Å². The van der Waals surface area contributed by atoms with Crippen molar-refractivity contribution < 1.29 is 5.11 Å². The van der Waals surface area contributed by atoms with Crippen LogP contribution in [0, 0.1) is 5.92 Å². The molecule has 2 unspecified atom stereocenters. The summed E-state index contributed by atoms with van der Waals surface area (Å²) in [6, 6.07) is 0. The van der Waals surface area contributed by atoms with E-state index in [0.717, 1.165) is 25.4 Å². The van der Waals surface area contributed by atoms with Crippen LogP contribution in [-0.4, -0.2) is 47.8 Å². The third kappa shape index (κ3) is 7.02. The highest BCUT2D eigenvalue weighted by Gasteiger charge is 2.21. The Morgan fingerprint density at radius 1 is 1.41 bits per heavy atom. The van der Waals surface area contributed by atoms with E-state index >= 15 is 0 Å². The van der Waals surface area contributed by atoms with Gasteiger partial charge in [0, 0.05) is 18.6 Å². The van der Waals surface area contributed by atoms with E-state index in [-0.39, 0.29) is 11.6 Å². The Kier molecular flexibility index (Phi) is 5.90. The van der Waals surface area contributed by atoms with Crippen molar-refractivity contribution in [3.8, 4) is 0 Å². The first-order valence-corrected chi connectivity index (χ1v) is 7.02. The van der Waals surface area contributed by atoms with E-state index in [4.69, 9.17) is 0 Å². The smallest absolute Gasteiger partial charge is 0.0524 e. The summed E-state index contributed by atoms with van der Waals surface area (Å²) in [7, 11) is 0. The molecular formula is C14H30N2O. The number of aliphatic hydroxyl groups is 1. The number of nitrogens with one attached hydrogen (secondary N) is 1. The van der Waals surface area contributed by atoms with E-state index in [9.17, 15) is 5.11 Å². The number of likely N-dealkylation sites (tertiary alicyclic amines) is 1. The molecule has 3 nitrogen and oxygen atoms in total. The average molecular weight is 242 g/mol. The van der Waals surface area contributed by atoms with Gasteiger partial charge in [0.1, 0.15) is 0 Å². The van der Waals surface area contributed by atoms with Crippen molar-refractivity contribution in [1.82, 2.24) is 10.2 Å². The van der Waals surface area contributed by atoms with Gasteiger partial charge in [-0.05, 0) is 66.0 Å². The van der Waals surface area contributed by atoms with Gasteiger partial charge >= 0.3 is 0 Å². The summed E-state index contributed by atoms with van der Waals surface area (Å²) in [6.45, 7) is 13.1. The van der Waals surface area contributed by atoms with Crippen molar-refractivity contribution in [2.75, 3.05) is 26.2 Å². The van der Waals surface area contributed by atoms with Gasteiger partial charge in [0.2, 0.25) is 0 Å². The van der Waals surface area contributed by atoms with Gasteiger partial charge < -0.3 is 15.3 Å². The number of hydrogen-bond acceptors (Lipinski definition) is 3. The molecule has 0 bridgehead atoms. The average Bonchev–Trinajstić information content (AvgIpc) is 2.23. The molecule has 1 aliphatic heterocycles. The van der Waals surface area contributed by atoms with E-state index < -0.39 is 0 Å². The quantitative estimate of drug-likeness (QED) is 0.772. The predicted molar refractivity (Wildman–Crippen MR) is 73.2 cm³/mol. The Morgan fingerprint density at radius 3 is 2.71 bits per heavy atom. The van der Waals surface area contributed by atoms with Gasteiger partial charge in [0.25, 0.3) is 0 Å². The van der Waals surface area contributed by atoms with Crippen molar-refractivity contribution in [3.63, 3.8) is 0 Å². The first-order chi connectivity index (χ1) is 7.87. The zero-order chi connectivity index (χ0) is 12.9. The lowest BCUT2D eigenvalue weighted by molar-refractivity contribution is 0.125. The minimum Gasteiger partial charge on any atom is -0.393 e. The van der Waals surface area contributed by atoms with Crippen LogP contribution in [0.15, 0.2) is 0 Å². The highest BCUT2D eigenvalue weighted by Crippen LogP contribution is 2.17. The van der Waals surface area contributed by atoms with Gasteiger partial charge in [-0.25, -0.2) is 0 Å². The van der Waals surface area contributed by atoms with Crippen LogP contribution in [-0.2, 0) is 0 Å². The SMILES string of the molecule is CC(O)CCN1CCCC(CNC(C)(C)C)C1. The van der Waals surface area contributed by atoms with Crippen molar-refractivity contribution in [1.29, 1.82) is 0 Å². The van der Waals surface area contributed by atoms with Crippen molar-refractivity contribution >= 4 is 0 Å². The maximum atomic E-state index is 9.32. The number of rotatable bonds is 5. The summed E-state index contributed by atoms with van der Waals surface area (Å²) >= 11 is 0. The molecule has 1 heterocycles. The summed E-state index contributed by atoms with van der Waals surface area (Å²) in [5.41, 5.74) is 0.224. The fraction of sp³-hybridized carbons (Fsp3) is 1.00. The predicted octanol–water partition coefficient (Wildman–Crippen LogP) is 1.86. The van der Waals surface area contributed by atoms with E-state index in [0.29, 0.717) is 0 Å². The molecule has 0 aromatic rings. The molecule has 17 heavy (non-hydrogen) atoms. The topological polar surface area (TPSA) is 35.5 Å². The zero-order valence-corrected chi connectivity index (χ0v) is 12.0. The van der Waals surface area contributed by atoms with Crippen LogP contribution in [0.25, 0.3) is 0 Å². The molecule has 0 radical (unpaired) electrons. The third-order valence-corrected chi connectivity index (χ3v) is 3.39. The Balaban J connectivity index is 2.24. The van der Waals surface area contributed by atoms with Gasteiger partial charge in [-0.15, -0.1) is 0 Å². The van der Waals surface area contributed by atoms with Crippen LogP contribution in [0.5, 0.6) is 0 Å². The highest BCUT2D eigenvalue weighted by molar-refractivity contribution is 4.78. The van der Waals surface area contributed by atoms with Crippen molar-refractivity contribution in [3.05, 3.63) is 0 Å². The van der Waals surface area contributed by atoms with Crippen LogP contribution in [0.4, 0.5) is 0 Å². The van der Waals surface area contributed by atoms with Crippen LogP contribution < -0.4 is 5.32 Å². The lowest BCUT2D eigenvalue weighted by Gasteiger charge is -2.34. The minimum absolute atomic E-state index is 0.164. The molecule has 0 spiro atoms. The van der Waals surface area contributed by atoms with Gasteiger partial charge in [0.15, 0.2) is 0 Å². The molecule has 0 saturated carbocycles. The lowest BCUT2D eigenvalue weighted by Crippen LogP contribution is -2.45. The fourth-order valence-corrected chi connectivity index (χ4v) is 2.34. The summed E-state index contributed by atoms with van der Waals surface area (Å²) < 4.78 is 0. The second kappa shape index (κ2) is 6.72. The van der Waals surface area contributed by atoms with Gasteiger partial charge in [-0.2, -0.15) is 0 Å². The summed E-state index contributed by atoms with van der Waals surface area (Å²) in [5, 5.41) is 12.9. The van der Waals surface area contributed by atoms with E-state index in [1.807, 2.05) is 6.92 Å². The molecule has 1 fully saturated rings. The van der Waals surface area contributed by atoms with E-state index in [2.05, 4.69) is 31.0 Å². The molecule has 1 rings (SSSR count). The number of aliphatic hydroxyl groups excluding tert-OH is 1. The maximum absolute atomic E-state index is 9.32. The molecule has 2 N–H and O–H groups in total. The van der Waals surface area contributed by atoms with Crippen molar-refractivity contribution in [2.24, 2.45) is 5.92 Å². The second-order valence-electron chi connectivity index (χ2n) is 6.58. The minimum atomic E-state index is -0.164. The molecule has 0 amide bonds. The van der Waals surface area contributed by atoms with Crippen molar-refractivity contribution in [2.45, 2.75) is 58.6 Å². The number of hydrogen-bond donors (Lipinski definition) is 2. The Hall–Kier alpha value is -0.120. The summed E-state index contributed by atoms with van der Waals surface area (Å²) in [6.07, 6.45) is 3.38. The summed E-state index contributed by atoms with van der Waals surface area (Å²) in [4.78, 5) is 2.51. The molecule has 3 heteroatoms. The standard InChI is InChI=1S/C14H30N2O/c1-12(17)7-9-16-8-5-6-13(11-16)10-15-14(2,3)4/h12-13,15,17H,5-11H2,1-4H3. The molecule has 1 aliphatic rings. The van der Waals surface area contributed by atoms with E-state index in [1.165, 1.54) is 25.9 Å². The Bertz CT molecular complexity index is 211. The molecule has 2 atom stereocenters. The van der Waals surface area contributed by atoms with Gasteiger partial charge in [0.05, 0.1) is 6.10 Å². The molecule has 102 valence electrons. The monoisotopic (exact) mass is 242 g/mol. The first kappa shape index (κ1) is 14.9. The zero-order valence-electron chi connectivity index (χ0n) is 12.0. The number of piperidine rings is 1. The van der Waals surface area contributed by atoms with E-state index in [1.54, 1.807) is 0 Å². The fourth-order valence-electron chi connectivity index (χ4n) is 2.34. The normalized spacial score (nSPS) is 24.9. The lowest BCUT2D eigenvalue weighted by atomic mass is 9.96. The number of nitrogens with zero attached hydrogens (tertiary/aromatic N) is 1. The second-order valence-corrected chi connectivity index (χ2v) is 6.58. The van der Waals surface area contributed by atoms with Crippen LogP contribution in [0.2, 0.25) is 0 Å².